The summed E-state index contributed by atoms with van der Waals surface area (Å²) in [6.45, 7) is 4.99. The van der Waals surface area contributed by atoms with Gasteiger partial charge in [-0.15, -0.1) is 0 Å². The minimum absolute atomic E-state index is 0.0406. The minimum Gasteiger partial charge on any atom is -0.494 e. The molecule has 0 aromatic heterocycles. The first kappa shape index (κ1) is 11.8. The van der Waals surface area contributed by atoms with Gasteiger partial charge in [0.1, 0.15) is 11.4 Å². The average Bonchev–Trinajstić information content (AvgIpc) is 2.46. The van der Waals surface area contributed by atoms with E-state index < -0.39 is 0 Å². The Labute approximate surface area is 102 Å². The summed E-state index contributed by atoms with van der Waals surface area (Å²) in [7, 11) is 1.62. The van der Waals surface area contributed by atoms with Crippen LogP contribution in [0.15, 0.2) is 18.2 Å². The van der Waals surface area contributed by atoms with E-state index in [0.29, 0.717) is 18.2 Å². The Bertz CT molecular complexity index is 429. The van der Waals surface area contributed by atoms with Gasteiger partial charge in [0.2, 0.25) is 5.91 Å². The zero-order valence-corrected chi connectivity index (χ0v) is 10.5. The molecule has 1 aromatic rings. The molecule has 0 fully saturated rings. The molecular weight excluding hydrogens is 216 g/mol. The number of amides is 1. The number of para-hydroxylation sites is 1. The summed E-state index contributed by atoms with van der Waals surface area (Å²) in [6.07, 6.45) is 0.510. The highest BCUT2D eigenvalue weighted by Crippen LogP contribution is 2.37. The summed E-state index contributed by atoms with van der Waals surface area (Å²) < 4.78 is 5.30. The van der Waals surface area contributed by atoms with Crippen LogP contribution in [0.5, 0.6) is 5.75 Å². The Balaban J connectivity index is 2.51. The van der Waals surface area contributed by atoms with Gasteiger partial charge in [-0.05, 0) is 26.0 Å². The topological polar surface area (TPSA) is 41.6 Å². The normalized spacial score (nSPS) is 15.3. The second-order valence-electron chi connectivity index (χ2n) is 4.44. The molecule has 1 heterocycles. The van der Waals surface area contributed by atoms with Crippen LogP contribution >= 0.6 is 0 Å². The molecule has 1 aromatic carbocycles. The van der Waals surface area contributed by atoms with E-state index in [1.165, 1.54) is 0 Å². The van der Waals surface area contributed by atoms with Gasteiger partial charge in [0.05, 0.1) is 12.8 Å². The minimum atomic E-state index is 0.0406. The molecule has 0 atom stereocenters. The molecule has 17 heavy (non-hydrogen) atoms. The van der Waals surface area contributed by atoms with Gasteiger partial charge in [0, 0.05) is 19.0 Å². The largest absolute Gasteiger partial charge is 0.494 e. The number of fused-ring (bicyclic) bond motifs is 1. The SMILES string of the molecule is COc1cccc2c1NC(=O)CCN2C(C)C. The van der Waals surface area contributed by atoms with Crippen LogP contribution < -0.4 is 15.0 Å². The van der Waals surface area contributed by atoms with Crippen LogP contribution in [0.1, 0.15) is 20.3 Å². The van der Waals surface area contributed by atoms with E-state index in [4.69, 9.17) is 4.74 Å². The molecule has 0 saturated carbocycles. The molecule has 0 aliphatic carbocycles. The van der Waals surface area contributed by atoms with E-state index >= 15 is 0 Å². The molecule has 0 unspecified atom stereocenters. The predicted octanol–water partition coefficient (Wildman–Crippen LogP) is 2.25. The van der Waals surface area contributed by atoms with Crippen molar-refractivity contribution >= 4 is 17.3 Å². The number of carbonyl (C=O) groups excluding carboxylic acids is 1. The van der Waals surface area contributed by atoms with Gasteiger partial charge in [-0.1, -0.05) is 6.07 Å². The average molecular weight is 234 g/mol. The third-order valence-electron chi connectivity index (χ3n) is 3.00. The van der Waals surface area contributed by atoms with Crippen LogP contribution in [-0.4, -0.2) is 25.6 Å². The van der Waals surface area contributed by atoms with Crippen molar-refractivity contribution in [3.05, 3.63) is 18.2 Å². The third-order valence-corrected chi connectivity index (χ3v) is 3.00. The van der Waals surface area contributed by atoms with Crippen molar-refractivity contribution in [2.24, 2.45) is 0 Å². The number of rotatable bonds is 2. The van der Waals surface area contributed by atoms with Crippen molar-refractivity contribution in [3.63, 3.8) is 0 Å². The van der Waals surface area contributed by atoms with Crippen LogP contribution in [0.4, 0.5) is 11.4 Å². The highest BCUT2D eigenvalue weighted by Gasteiger charge is 2.23. The first-order valence-corrected chi connectivity index (χ1v) is 5.87. The van der Waals surface area contributed by atoms with E-state index in [9.17, 15) is 4.79 Å². The van der Waals surface area contributed by atoms with Gasteiger partial charge in [-0.2, -0.15) is 0 Å². The van der Waals surface area contributed by atoms with Crippen LogP contribution in [0.25, 0.3) is 0 Å². The Morgan fingerprint density at radius 3 is 2.82 bits per heavy atom. The zero-order valence-electron chi connectivity index (χ0n) is 10.5. The quantitative estimate of drug-likeness (QED) is 0.853. The zero-order chi connectivity index (χ0) is 12.4. The Hall–Kier alpha value is -1.71. The van der Waals surface area contributed by atoms with Crippen molar-refractivity contribution < 1.29 is 9.53 Å². The van der Waals surface area contributed by atoms with Gasteiger partial charge >= 0.3 is 0 Å². The lowest BCUT2D eigenvalue weighted by molar-refractivity contribution is -0.116. The molecule has 1 amide bonds. The first-order valence-electron chi connectivity index (χ1n) is 5.87. The van der Waals surface area contributed by atoms with Gasteiger partial charge in [0.15, 0.2) is 0 Å². The number of nitrogens with one attached hydrogen (secondary N) is 1. The first-order chi connectivity index (χ1) is 8.13. The molecule has 4 nitrogen and oxygen atoms in total. The molecule has 1 aliphatic rings. The number of carbonyl (C=O) groups is 1. The maximum Gasteiger partial charge on any atom is 0.226 e. The smallest absolute Gasteiger partial charge is 0.226 e. The van der Waals surface area contributed by atoms with Crippen LogP contribution in [0.3, 0.4) is 0 Å². The molecular formula is C13H18N2O2. The number of hydrogen-bond donors (Lipinski definition) is 1. The van der Waals surface area contributed by atoms with Crippen LogP contribution in [-0.2, 0) is 4.79 Å². The van der Waals surface area contributed by atoms with Crippen molar-refractivity contribution in [1.82, 2.24) is 0 Å². The molecule has 2 rings (SSSR count). The van der Waals surface area contributed by atoms with Crippen LogP contribution in [0, 0.1) is 0 Å². The maximum atomic E-state index is 11.7. The van der Waals surface area contributed by atoms with Gasteiger partial charge in [-0.25, -0.2) is 0 Å². The highest BCUT2D eigenvalue weighted by molar-refractivity contribution is 5.98. The highest BCUT2D eigenvalue weighted by atomic mass is 16.5. The summed E-state index contributed by atoms with van der Waals surface area (Å²) in [6, 6.07) is 6.19. The predicted molar refractivity (Wildman–Crippen MR) is 68.7 cm³/mol. The fourth-order valence-corrected chi connectivity index (χ4v) is 2.14. The van der Waals surface area contributed by atoms with Crippen LogP contribution in [0.2, 0.25) is 0 Å². The van der Waals surface area contributed by atoms with Crippen molar-refractivity contribution in [2.75, 3.05) is 23.9 Å². The summed E-state index contributed by atoms with van der Waals surface area (Å²) in [5.41, 5.74) is 1.82. The number of hydrogen-bond acceptors (Lipinski definition) is 3. The van der Waals surface area contributed by atoms with E-state index in [2.05, 4.69) is 24.1 Å². The second-order valence-corrected chi connectivity index (χ2v) is 4.44. The Kier molecular flexibility index (Phi) is 3.22. The summed E-state index contributed by atoms with van der Waals surface area (Å²) in [5.74, 6) is 0.752. The number of nitrogens with zero attached hydrogens (tertiary/aromatic N) is 1. The fourth-order valence-electron chi connectivity index (χ4n) is 2.14. The lowest BCUT2D eigenvalue weighted by atomic mass is 10.2. The van der Waals surface area contributed by atoms with E-state index in [1.54, 1.807) is 7.11 Å². The molecule has 4 heteroatoms. The molecule has 0 spiro atoms. The van der Waals surface area contributed by atoms with E-state index in [0.717, 1.165) is 17.9 Å². The number of benzene rings is 1. The van der Waals surface area contributed by atoms with Gasteiger partial charge < -0.3 is 15.0 Å². The molecule has 0 saturated heterocycles. The Morgan fingerprint density at radius 1 is 1.41 bits per heavy atom. The molecule has 0 radical (unpaired) electrons. The summed E-state index contributed by atoms with van der Waals surface area (Å²) >= 11 is 0. The standard InChI is InChI=1S/C13H18N2O2/c1-9(2)15-8-7-12(16)14-13-10(15)5-4-6-11(13)17-3/h4-6,9H,7-8H2,1-3H3,(H,14,16). The van der Waals surface area contributed by atoms with Crippen molar-refractivity contribution in [2.45, 2.75) is 26.3 Å². The monoisotopic (exact) mass is 234 g/mol. The number of ether oxygens (including phenoxy) is 1. The number of methoxy groups -OCH3 is 1. The van der Waals surface area contributed by atoms with E-state index in [-0.39, 0.29) is 5.91 Å². The lowest BCUT2D eigenvalue weighted by Gasteiger charge is -2.28. The third kappa shape index (κ3) is 2.20. The Morgan fingerprint density at radius 2 is 2.18 bits per heavy atom. The van der Waals surface area contributed by atoms with Crippen molar-refractivity contribution in [3.8, 4) is 5.75 Å². The number of anilines is 2. The summed E-state index contributed by atoms with van der Waals surface area (Å²) in [4.78, 5) is 13.9. The summed E-state index contributed by atoms with van der Waals surface area (Å²) in [5, 5.41) is 2.92. The van der Waals surface area contributed by atoms with E-state index in [1.807, 2.05) is 18.2 Å². The van der Waals surface area contributed by atoms with Gasteiger partial charge in [0.25, 0.3) is 0 Å². The maximum absolute atomic E-state index is 11.7. The molecule has 1 aliphatic heterocycles. The molecule has 92 valence electrons. The lowest BCUT2D eigenvalue weighted by Crippen LogP contribution is -2.31. The van der Waals surface area contributed by atoms with Gasteiger partial charge in [-0.3, -0.25) is 4.79 Å². The molecule has 0 bridgehead atoms. The molecule has 1 N–H and O–H groups in total. The van der Waals surface area contributed by atoms with Crippen molar-refractivity contribution in [1.29, 1.82) is 0 Å². The second kappa shape index (κ2) is 4.65. The fraction of sp³-hybridized carbons (Fsp3) is 0.462.